The zero-order valence-corrected chi connectivity index (χ0v) is 23.7. The van der Waals surface area contributed by atoms with Crippen molar-refractivity contribution in [3.63, 3.8) is 0 Å². The minimum Gasteiger partial charge on any atom is -0.491 e. The van der Waals surface area contributed by atoms with E-state index in [4.69, 9.17) is 26.7 Å². The van der Waals surface area contributed by atoms with Gasteiger partial charge in [0.1, 0.15) is 5.75 Å². The van der Waals surface area contributed by atoms with Crippen molar-refractivity contribution in [3.05, 3.63) is 77.4 Å². The predicted octanol–water partition coefficient (Wildman–Crippen LogP) is 5.19. The summed E-state index contributed by atoms with van der Waals surface area (Å²) in [5, 5.41) is 4.30. The Morgan fingerprint density at radius 3 is 2.53 bits per heavy atom. The molecule has 0 spiro atoms. The van der Waals surface area contributed by atoms with Crippen molar-refractivity contribution in [2.24, 2.45) is 0 Å². The summed E-state index contributed by atoms with van der Waals surface area (Å²) in [5.74, 6) is 0.859. The van der Waals surface area contributed by atoms with E-state index in [2.05, 4.69) is 57.8 Å². The number of hydrogen-bond donors (Lipinski definition) is 1. The van der Waals surface area contributed by atoms with Crippen LogP contribution in [0.25, 0.3) is 0 Å². The van der Waals surface area contributed by atoms with Crippen molar-refractivity contribution in [1.82, 2.24) is 19.8 Å². The first-order chi connectivity index (χ1) is 18.4. The van der Waals surface area contributed by atoms with E-state index in [0.29, 0.717) is 5.11 Å². The number of morpholine rings is 1. The van der Waals surface area contributed by atoms with E-state index < -0.39 is 0 Å². The van der Waals surface area contributed by atoms with Crippen molar-refractivity contribution < 1.29 is 9.47 Å². The van der Waals surface area contributed by atoms with Gasteiger partial charge in [-0.2, -0.15) is 0 Å². The number of anilines is 1. The molecule has 2 atom stereocenters. The van der Waals surface area contributed by atoms with Gasteiger partial charge >= 0.3 is 0 Å². The number of benzene rings is 1. The van der Waals surface area contributed by atoms with Crippen LogP contribution in [-0.4, -0.2) is 58.5 Å². The van der Waals surface area contributed by atoms with Crippen LogP contribution >= 0.6 is 12.2 Å². The number of nitrogens with zero attached hydrogens (tertiary/aromatic N) is 4. The van der Waals surface area contributed by atoms with E-state index in [1.54, 1.807) is 0 Å². The highest BCUT2D eigenvalue weighted by molar-refractivity contribution is 7.80. The van der Waals surface area contributed by atoms with Gasteiger partial charge in [0, 0.05) is 49.5 Å². The monoisotopic (exact) mass is 533 g/mol. The Kier molecular flexibility index (Phi) is 8.31. The molecule has 5 rings (SSSR count). The summed E-state index contributed by atoms with van der Waals surface area (Å²) in [5.41, 5.74) is 5.86. The molecule has 8 heteroatoms. The lowest BCUT2D eigenvalue weighted by Gasteiger charge is -2.28. The van der Waals surface area contributed by atoms with Gasteiger partial charge in [-0.15, -0.1) is 0 Å². The standard InChI is InChI=1S/C30H39N5O2S/c1-21(2)37-25-11-9-24(10-12-25)35-29(28(32-30(35)38)27-8-5-6-13-31-27)26-20-22(3)34(23(26)4)15-7-14-33-16-18-36-19-17-33/h5-6,8-13,20-21,28-29H,7,14-19H2,1-4H3,(H,32,38). The molecule has 3 aromatic rings. The summed E-state index contributed by atoms with van der Waals surface area (Å²) in [7, 11) is 0. The molecule has 1 aromatic carbocycles. The summed E-state index contributed by atoms with van der Waals surface area (Å²) in [6.07, 6.45) is 3.10. The van der Waals surface area contributed by atoms with Crippen LogP contribution < -0.4 is 15.0 Å². The van der Waals surface area contributed by atoms with Crippen LogP contribution in [0.3, 0.4) is 0 Å². The van der Waals surface area contributed by atoms with Crippen molar-refractivity contribution in [2.75, 3.05) is 37.7 Å². The first-order valence-electron chi connectivity index (χ1n) is 13.7. The molecule has 2 unspecified atom stereocenters. The van der Waals surface area contributed by atoms with Crippen molar-refractivity contribution in [3.8, 4) is 5.75 Å². The highest BCUT2D eigenvalue weighted by Gasteiger charge is 2.42. The molecular weight excluding hydrogens is 494 g/mol. The van der Waals surface area contributed by atoms with Gasteiger partial charge in [-0.25, -0.2) is 0 Å². The van der Waals surface area contributed by atoms with Gasteiger partial charge in [-0.1, -0.05) is 6.07 Å². The maximum atomic E-state index is 5.94. The Morgan fingerprint density at radius 2 is 1.84 bits per heavy atom. The summed E-state index contributed by atoms with van der Waals surface area (Å²) >= 11 is 5.94. The molecule has 38 heavy (non-hydrogen) atoms. The second kappa shape index (κ2) is 11.8. The molecule has 202 valence electrons. The molecule has 7 nitrogen and oxygen atoms in total. The number of aromatic nitrogens is 2. The number of aryl methyl sites for hydroxylation is 1. The van der Waals surface area contributed by atoms with Gasteiger partial charge in [-0.05, 0) is 94.4 Å². The summed E-state index contributed by atoms with van der Waals surface area (Å²) < 4.78 is 13.9. The molecule has 2 aliphatic heterocycles. The van der Waals surface area contributed by atoms with Crippen LogP contribution in [0, 0.1) is 13.8 Å². The van der Waals surface area contributed by atoms with Crippen LogP contribution in [0.5, 0.6) is 5.75 Å². The van der Waals surface area contributed by atoms with E-state index >= 15 is 0 Å². The molecule has 2 fully saturated rings. The summed E-state index contributed by atoms with van der Waals surface area (Å²) in [6, 6.07) is 16.6. The normalized spacial score (nSPS) is 20.2. The maximum Gasteiger partial charge on any atom is 0.174 e. The molecule has 0 saturated carbocycles. The zero-order chi connectivity index (χ0) is 26.6. The molecule has 0 amide bonds. The summed E-state index contributed by atoms with van der Waals surface area (Å²) in [4.78, 5) is 9.46. The average Bonchev–Trinajstić information content (AvgIpc) is 3.40. The number of rotatable bonds is 9. The minimum absolute atomic E-state index is 0.0199. The van der Waals surface area contributed by atoms with Gasteiger partial charge in [0.25, 0.3) is 0 Å². The largest absolute Gasteiger partial charge is 0.491 e. The fraction of sp³-hybridized carbons (Fsp3) is 0.467. The Balaban J connectivity index is 1.45. The number of ether oxygens (including phenoxy) is 2. The fourth-order valence-corrected chi connectivity index (χ4v) is 6.00. The number of thiocarbonyl (C=S) groups is 1. The smallest absolute Gasteiger partial charge is 0.174 e. The maximum absolute atomic E-state index is 5.94. The van der Waals surface area contributed by atoms with E-state index in [1.807, 2.05) is 44.3 Å². The van der Waals surface area contributed by atoms with Gasteiger partial charge in [0.2, 0.25) is 0 Å². The van der Waals surface area contributed by atoms with Gasteiger partial charge in [0.05, 0.1) is 37.1 Å². The lowest BCUT2D eigenvalue weighted by Crippen LogP contribution is -2.37. The Labute approximate surface area is 231 Å². The van der Waals surface area contributed by atoms with E-state index in [0.717, 1.165) is 62.9 Å². The molecule has 0 aliphatic carbocycles. The minimum atomic E-state index is -0.0578. The molecule has 2 aliphatic rings. The topological polar surface area (TPSA) is 54.8 Å². The highest BCUT2D eigenvalue weighted by Crippen LogP contribution is 2.43. The molecule has 0 radical (unpaired) electrons. The third-order valence-electron chi connectivity index (χ3n) is 7.48. The lowest BCUT2D eigenvalue weighted by molar-refractivity contribution is 0.0369. The van der Waals surface area contributed by atoms with Crippen molar-refractivity contribution in [2.45, 2.75) is 58.8 Å². The van der Waals surface area contributed by atoms with Crippen LogP contribution in [0.1, 0.15) is 55.0 Å². The quantitative estimate of drug-likeness (QED) is 0.380. The molecule has 2 saturated heterocycles. The third kappa shape index (κ3) is 5.72. The van der Waals surface area contributed by atoms with E-state index in [1.165, 1.54) is 17.0 Å². The summed E-state index contributed by atoms with van der Waals surface area (Å²) in [6.45, 7) is 14.4. The van der Waals surface area contributed by atoms with Gasteiger partial charge < -0.3 is 24.3 Å². The zero-order valence-electron chi connectivity index (χ0n) is 22.9. The Bertz CT molecular complexity index is 1220. The van der Waals surface area contributed by atoms with Crippen LogP contribution in [0.15, 0.2) is 54.7 Å². The SMILES string of the molecule is Cc1cc(C2C(c3ccccn3)NC(=S)N2c2ccc(OC(C)C)cc2)c(C)n1CCCN1CCOCC1. The van der Waals surface area contributed by atoms with E-state index in [9.17, 15) is 0 Å². The van der Waals surface area contributed by atoms with Crippen LogP contribution in [0.2, 0.25) is 0 Å². The van der Waals surface area contributed by atoms with Gasteiger partial charge in [-0.3, -0.25) is 9.88 Å². The fourth-order valence-electron chi connectivity index (χ4n) is 5.65. The Hall–Kier alpha value is -2.94. The second-order valence-electron chi connectivity index (χ2n) is 10.4. The lowest BCUT2D eigenvalue weighted by atomic mass is 9.96. The predicted molar refractivity (Wildman–Crippen MR) is 156 cm³/mol. The highest BCUT2D eigenvalue weighted by atomic mass is 32.1. The van der Waals surface area contributed by atoms with Crippen LogP contribution in [-0.2, 0) is 11.3 Å². The van der Waals surface area contributed by atoms with Crippen LogP contribution in [0.4, 0.5) is 5.69 Å². The molecule has 2 aromatic heterocycles. The second-order valence-corrected chi connectivity index (χ2v) is 10.8. The molecule has 0 bridgehead atoms. The first kappa shape index (κ1) is 26.7. The first-order valence-corrected chi connectivity index (χ1v) is 14.1. The van der Waals surface area contributed by atoms with Crippen molar-refractivity contribution >= 4 is 23.0 Å². The third-order valence-corrected chi connectivity index (χ3v) is 7.79. The number of nitrogens with one attached hydrogen (secondary N) is 1. The number of hydrogen-bond acceptors (Lipinski definition) is 5. The average molecular weight is 534 g/mol. The van der Waals surface area contributed by atoms with Crippen molar-refractivity contribution in [1.29, 1.82) is 0 Å². The molecule has 1 N–H and O–H groups in total. The molecular formula is C30H39N5O2S. The number of pyridine rings is 1. The van der Waals surface area contributed by atoms with E-state index in [-0.39, 0.29) is 18.2 Å². The Morgan fingerprint density at radius 1 is 1.08 bits per heavy atom. The molecule has 4 heterocycles. The van der Waals surface area contributed by atoms with Gasteiger partial charge in [0.15, 0.2) is 5.11 Å².